The lowest BCUT2D eigenvalue weighted by Crippen LogP contribution is -2.01. The molecule has 5 rings (SSSR count). The van der Waals surface area contributed by atoms with Crippen LogP contribution in [0, 0.1) is 0 Å². The Morgan fingerprint density at radius 2 is 1.71 bits per heavy atom. The van der Waals surface area contributed by atoms with E-state index in [2.05, 4.69) is 48.8 Å². The maximum atomic E-state index is 10.1. The molecule has 3 aromatic heterocycles. The molecule has 0 saturated heterocycles. The van der Waals surface area contributed by atoms with Crippen molar-refractivity contribution in [1.29, 1.82) is 0 Å². The van der Waals surface area contributed by atoms with Crippen LogP contribution in [0.4, 0.5) is 11.6 Å². The van der Waals surface area contributed by atoms with E-state index in [1.165, 1.54) is 0 Å². The van der Waals surface area contributed by atoms with Gasteiger partial charge in [0.15, 0.2) is 11.3 Å². The van der Waals surface area contributed by atoms with Gasteiger partial charge in [0.2, 0.25) is 5.88 Å². The van der Waals surface area contributed by atoms with E-state index >= 15 is 0 Å². The monoisotopic (exact) mass is 371 g/mol. The molecule has 2 N–H and O–H groups in total. The summed E-state index contributed by atoms with van der Waals surface area (Å²) < 4.78 is 2.11. The van der Waals surface area contributed by atoms with Crippen LogP contribution in [0.5, 0.6) is 5.88 Å². The Hall–Kier alpha value is -3.81. The predicted octanol–water partition coefficient (Wildman–Crippen LogP) is 5.16. The number of para-hydroxylation sites is 2. The number of aromatic nitrogens is 5. The summed E-state index contributed by atoms with van der Waals surface area (Å²) in [7, 11) is 0. The Labute approximate surface area is 159 Å². The molecule has 28 heavy (non-hydrogen) atoms. The molecule has 0 unspecified atom stereocenters. The Bertz CT molecular complexity index is 1360. The molecule has 0 aliphatic carbocycles. The van der Waals surface area contributed by atoms with E-state index in [9.17, 15) is 5.11 Å². The van der Waals surface area contributed by atoms with Crippen molar-refractivity contribution in [3.8, 4) is 5.88 Å². The first-order valence-corrected chi connectivity index (χ1v) is 8.98. The summed E-state index contributed by atoms with van der Waals surface area (Å²) in [5.74, 6) is 0.0946. The molecule has 0 bridgehead atoms. The van der Waals surface area contributed by atoms with Crippen LogP contribution < -0.4 is 0 Å². The fourth-order valence-electron chi connectivity index (χ4n) is 3.52. The van der Waals surface area contributed by atoms with Crippen LogP contribution in [-0.4, -0.2) is 29.8 Å². The Morgan fingerprint density at radius 3 is 2.54 bits per heavy atom. The lowest BCUT2D eigenvalue weighted by Gasteiger charge is -2.09. The average Bonchev–Trinajstić information content (AvgIpc) is 3.20. The Morgan fingerprint density at radius 1 is 0.964 bits per heavy atom. The van der Waals surface area contributed by atoms with Crippen molar-refractivity contribution >= 4 is 44.6 Å². The maximum Gasteiger partial charge on any atom is 0.289 e. The number of nitrogens with zero attached hydrogens (tertiary/aromatic N) is 6. The van der Waals surface area contributed by atoms with Gasteiger partial charge in [-0.25, -0.2) is 0 Å². The Balaban J connectivity index is 1.66. The number of nitrogens with one attached hydrogen (secondary N) is 1. The van der Waals surface area contributed by atoms with Crippen LogP contribution in [0.25, 0.3) is 33.0 Å². The molecule has 0 atom stereocenters. The van der Waals surface area contributed by atoms with Crippen molar-refractivity contribution in [1.82, 2.24) is 24.7 Å². The maximum absolute atomic E-state index is 10.1. The van der Waals surface area contributed by atoms with Crippen molar-refractivity contribution in [3.05, 3.63) is 48.5 Å². The van der Waals surface area contributed by atoms with E-state index in [0.29, 0.717) is 11.3 Å². The fourth-order valence-corrected chi connectivity index (χ4v) is 3.52. The highest BCUT2D eigenvalue weighted by Crippen LogP contribution is 2.36. The molecule has 0 fully saturated rings. The second-order valence-corrected chi connectivity index (χ2v) is 6.83. The molecule has 138 valence electrons. The van der Waals surface area contributed by atoms with E-state index in [1.54, 1.807) is 0 Å². The minimum atomic E-state index is -0.0460. The summed E-state index contributed by atoms with van der Waals surface area (Å²) in [4.78, 5) is 7.46. The molecule has 0 amide bonds. The second-order valence-electron chi connectivity index (χ2n) is 6.83. The molecule has 0 aliphatic heterocycles. The van der Waals surface area contributed by atoms with Crippen molar-refractivity contribution in [2.45, 2.75) is 19.9 Å². The third-order valence-corrected chi connectivity index (χ3v) is 4.72. The highest BCUT2D eigenvalue weighted by molar-refractivity contribution is 6.04. The van der Waals surface area contributed by atoms with Crippen molar-refractivity contribution in [3.63, 3.8) is 0 Å². The first-order chi connectivity index (χ1) is 13.6. The minimum absolute atomic E-state index is 0.0460. The van der Waals surface area contributed by atoms with Gasteiger partial charge in [-0.05, 0) is 26.0 Å². The summed E-state index contributed by atoms with van der Waals surface area (Å²) >= 11 is 0. The number of benzene rings is 2. The van der Waals surface area contributed by atoms with Gasteiger partial charge in [-0.15, -0.1) is 20.4 Å². The van der Waals surface area contributed by atoms with Gasteiger partial charge in [0.05, 0.1) is 11.0 Å². The van der Waals surface area contributed by atoms with E-state index < -0.39 is 0 Å². The van der Waals surface area contributed by atoms with Gasteiger partial charge in [-0.1, -0.05) is 36.4 Å². The lowest BCUT2D eigenvalue weighted by atomic mass is 10.2. The molecular weight excluding hydrogens is 354 g/mol. The standard InChI is InChI=1S/C20H17N7O/c1-11(2)27-15-10-6-4-8-13(15)16-18(27)22-20(25-23-16)26-24-17-12-7-3-5-9-14(12)21-19(17)28/h3-11,21,28H,1-2H3. The highest BCUT2D eigenvalue weighted by Gasteiger charge is 2.16. The average molecular weight is 371 g/mol. The number of azo groups is 1. The van der Waals surface area contributed by atoms with Crippen molar-refractivity contribution in [2.75, 3.05) is 0 Å². The summed E-state index contributed by atoms with van der Waals surface area (Å²) in [6, 6.07) is 15.7. The second kappa shape index (κ2) is 6.12. The minimum Gasteiger partial charge on any atom is -0.493 e. The summed E-state index contributed by atoms with van der Waals surface area (Å²) in [6.45, 7) is 4.19. The largest absolute Gasteiger partial charge is 0.493 e. The van der Waals surface area contributed by atoms with Gasteiger partial charge in [-0.2, -0.15) is 4.98 Å². The molecule has 3 heterocycles. The number of H-pyrrole nitrogens is 1. The topological polar surface area (TPSA) is 104 Å². The van der Waals surface area contributed by atoms with Crippen LogP contribution in [-0.2, 0) is 0 Å². The predicted molar refractivity (Wildman–Crippen MR) is 107 cm³/mol. The smallest absolute Gasteiger partial charge is 0.289 e. The molecule has 5 aromatic rings. The van der Waals surface area contributed by atoms with Gasteiger partial charge in [0, 0.05) is 16.8 Å². The van der Waals surface area contributed by atoms with E-state index in [1.807, 2.05) is 48.5 Å². The molecule has 2 aromatic carbocycles. The number of aromatic hydroxyl groups is 1. The summed E-state index contributed by atoms with van der Waals surface area (Å²) in [5, 5.41) is 28.7. The third kappa shape index (κ3) is 2.42. The summed E-state index contributed by atoms with van der Waals surface area (Å²) in [6.07, 6.45) is 0. The van der Waals surface area contributed by atoms with Crippen LogP contribution in [0.1, 0.15) is 19.9 Å². The number of rotatable bonds is 3. The van der Waals surface area contributed by atoms with E-state index in [4.69, 9.17) is 0 Å². The zero-order chi connectivity index (χ0) is 19.3. The number of hydrogen-bond donors (Lipinski definition) is 2. The number of hydrogen-bond acceptors (Lipinski definition) is 6. The zero-order valence-electron chi connectivity index (χ0n) is 15.3. The van der Waals surface area contributed by atoms with Gasteiger partial charge >= 0.3 is 0 Å². The molecular formula is C20H17N7O. The van der Waals surface area contributed by atoms with Crippen LogP contribution in [0.15, 0.2) is 58.8 Å². The molecule has 0 radical (unpaired) electrons. The van der Waals surface area contributed by atoms with Gasteiger partial charge in [0.1, 0.15) is 5.52 Å². The molecule has 8 nitrogen and oxygen atoms in total. The zero-order valence-corrected chi connectivity index (χ0v) is 15.3. The first kappa shape index (κ1) is 16.4. The normalized spacial score (nSPS) is 12.2. The molecule has 0 spiro atoms. The lowest BCUT2D eigenvalue weighted by molar-refractivity contribution is 0.459. The van der Waals surface area contributed by atoms with Crippen LogP contribution in [0.2, 0.25) is 0 Å². The van der Waals surface area contributed by atoms with Crippen molar-refractivity contribution < 1.29 is 5.11 Å². The fraction of sp³-hybridized carbons (Fsp3) is 0.150. The van der Waals surface area contributed by atoms with Crippen LogP contribution in [0.3, 0.4) is 0 Å². The summed E-state index contributed by atoms with van der Waals surface area (Å²) in [5.41, 5.74) is 3.63. The number of aromatic amines is 1. The Kier molecular flexibility index (Phi) is 3.58. The first-order valence-electron chi connectivity index (χ1n) is 8.98. The van der Waals surface area contributed by atoms with E-state index in [0.717, 1.165) is 27.3 Å². The van der Waals surface area contributed by atoms with Crippen molar-refractivity contribution in [2.24, 2.45) is 10.2 Å². The highest BCUT2D eigenvalue weighted by atomic mass is 16.3. The van der Waals surface area contributed by atoms with Gasteiger partial charge in [0.25, 0.3) is 5.95 Å². The number of fused-ring (bicyclic) bond motifs is 4. The molecule has 0 saturated carbocycles. The van der Waals surface area contributed by atoms with Gasteiger partial charge < -0.3 is 14.7 Å². The quantitative estimate of drug-likeness (QED) is 0.427. The van der Waals surface area contributed by atoms with Crippen LogP contribution >= 0.6 is 0 Å². The SMILES string of the molecule is CC(C)n1c2ccccc2c2nnc(N=Nc3c(O)[nH]c4ccccc34)nc21. The van der Waals surface area contributed by atoms with Gasteiger partial charge in [-0.3, -0.25) is 0 Å². The van der Waals surface area contributed by atoms with E-state index in [-0.39, 0.29) is 17.9 Å². The molecule has 0 aliphatic rings. The molecule has 8 heteroatoms. The third-order valence-electron chi connectivity index (χ3n) is 4.72.